The fourth-order valence-corrected chi connectivity index (χ4v) is 4.42. The Kier molecular flexibility index (Phi) is 17.5. The Bertz CT molecular complexity index is 800. The molecule has 35 heavy (non-hydrogen) atoms. The zero-order valence-corrected chi connectivity index (χ0v) is 24.8. The third kappa shape index (κ3) is 10.8. The summed E-state index contributed by atoms with van der Waals surface area (Å²) in [6, 6.07) is 13.7. The highest BCUT2D eigenvalue weighted by atomic mass is 16.5. The lowest BCUT2D eigenvalue weighted by Gasteiger charge is -2.34. The van der Waals surface area contributed by atoms with E-state index in [9.17, 15) is 0 Å². The summed E-state index contributed by atoms with van der Waals surface area (Å²) < 4.78 is 6.03. The first-order valence-electron chi connectivity index (χ1n) is 14.2. The average molecular weight is 485 g/mol. The van der Waals surface area contributed by atoms with Crippen LogP contribution < -0.4 is 4.74 Å². The summed E-state index contributed by atoms with van der Waals surface area (Å²) >= 11 is 0. The Labute approximate surface area is 218 Å². The minimum atomic E-state index is 0.0196. The number of aliphatic hydroxyl groups is 1. The van der Waals surface area contributed by atoms with E-state index in [4.69, 9.17) is 9.84 Å². The van der Waals surface area contributed by atoms with Gasteiger partial charge in [0.1, 0.15) is 5.75 Å². The van der Waals surface area contributed by atoms with Gasteiger partial charge < -0.3 is 9.84 Å². The zero-order valence-electron chi connectivity index (χ0n) is 24.8. The highest BCUT2D eigenvalue weighted by molar-refractivity contribution is 5.47. The molecule has 1 N–H and O–H groups in total. The standard InChI is InChI=1S/C27H40O2.C4H10.C2H6/c1-6-9-10-18-29-26-16-15-25(20-22(26)5)27(7-2,8-3)24-14-13-23(12-11-17-28)21(4)19-24;1-4(2)3;1-2/h13-16,19-20,28H,6-12,17-18H2,1-5H3;4H,1-3H3;1-2H3. The third-order valence-electron chi connectivity index (χ3n) is 6.44. The van der Waals surface area contributed by atoms with Crippen molar-refractivity contribution in [1.82, 2.24) is 0 Å². The molecule has 200 valence electrons. The van der Waals surface area contributed by atoms with Gasteiger partial charge in [0.2, 0.25) is 0 Å². The minimum absolute atomic E-state index is 0.0196. The summed E-state index contributed by atoms with van der Waals surface area (Å²) in [5.41, 5.74) is 6.69. The van der Waals surface area contributed by atoms with Crippen LogP contribution in [0.5, 0.6) is 5.75 Å². The van der Waals surface area contributed by atoms with Crippen LogP contribution in [0.2, 0.25) is 0 Å². The van der Waals surface area contributed by atoms with Crippen LogP contribution in [0, 0.1) is 19.8 Å². The third-order valence-corrected chi connectivity index (χ3v) is 6.44. The van der Waals surface area contributed by atoms with E-state index in [1.807, 2.05) is 13.8 Å². The number of aryl methyl sites for hydroxylation is 3. The Morgan fingerprint density at radius 2 is 1.34 bits per heavy atom. The lowest BCUT2D eigenvalue weighted by molar-refractivity contribution is 0.288. The van der Waals surface area contributed by atoms with Crippen LogP contribution in [0.4, 0.5) is 0 Å². The highest BCUT2D eigenvalue weighted by Gasteiger charge is 2.31. The van der Waals surface area contributed by atoms with Gasteiger partial charge >= 0.3 is 0 Å². The molecule has 0 fully saturated rings. The number of hydrogen-bond donors (Lipinski definition) is 1. The van der Waals surface area contributed by atoms with E-state index in [0.717, 1.165) is 50.4 Å². The van der Waals surface area contributed by atoms with Crippen molar-refractivity contribution in [3.8, 4) is 5.75 Å². The molecule has 0 amide bonds. The maximum atomic E-state index is 9.15. The van der Waals surface area contributed by atoms with Crippen molar-refractivity contribution in [3.63, 3.8) is 0 Å². The molecule has 2 rings (SSSR count). The first-order valence-corrected chi connectivity index (χ1v) is 14.2. The van der Waals surface area contributed by atoms with Crippen molar-refractivity contribution in [2.45, 2.75) is 120 Å². The van der Waals surface area contributed by atoms with Gasteiger partial charge in [-0.1, -0.05) is 98.6 Å². The van der Waals surface area contributed by atoms with Gasteiger partial charge in [0, 0.05) is 12.0 Å². The number of unbranched alkanes of at least 4 members (excludes halogenated alkanes) is 2. The van der Waals surface area contributed by atoms with Crippen LogP contribution in [0.3, 0.4) is 0 Å². The molecule has 0 aliphatic rings. The quantitative estimate of drug-likeness (QED) is 0.304. The summed E-state index contributed by atoms with van der Waals surface area (Å²) in [5.74, 6) is 1.85. The monoisotopic (exact) mass is 484 g/mol. The first-order chi connectivity index (χ1) is 16.7. The number of hydrogen-bond acceptors (Lipinski definition) is 2. The van der Waals surface area contributed by atoms with Crippen LogP contribution in [-0.4, -0.2) is 18.3 Å². The molecule has 0 aromatic heterocycles. The molecule has 0 saturated heterocycles. The maximum Gasteiger partial charge on any atom is 0.122 e. The summed E-state index contributed by atoms with van der Waals surface area (Å²) in [5, 5.41) is 9.15. The van der Waals surface area contributed by atoms with Crippen LogP contribution in [-0.2, 0) is 11.8 Å². The first kappa shape index (κ1) is 33.2. The molecule has 0 radical (unpaired) electrons. The van der Waals surface area contributed by atoms with E-state index in [1.165, 1.54) is 40.7 Å². The molecular weight excluding hydrogens is 428 g/mol. The van der Waals surface area contributed by atoms with Crippen molar-refractivity contribution < 1.29 is 9.84 Å². The normalized spacial score (nSPS) is 10.9. The van der Waals surface area contributed by atoms with Gasteiger partial charge in [-0.25, -0.2) is 0 Å². The molecule has 2 aromatic rings. The summed E-state index contributed by atoms with van der Waals surface area (Å²) in [6.07, 6.45) is 7.45. The number of ether oxygens (including phenoxy) is 1. The molecule has 0 unspecified atom stereocenters. The van der Waals surface area contributed by atoms with E-state index < -0.39 is 0 Å². The molecule has 0 aliphatic heterocycles. The molecule has 2 nitrogen and oxygen atoms in total. The fraction of sp³-hybridized carbons (Fsp3) is 0.636. The molecule has 2 aromatic carbocycles. The predicted octanol–water partition coefficient (Wildman–Crippen LogP) is 9.59. The van der Waals surface area contributed by atoms with Crippen molar-refractivity contribution >= 4 is 0 Å². The van der Waals surface area contributed by atoms with Gasteiger partial charge in [0.05, 0.1) is 6.61 Å². The zero-order chi connectivity index (χ0) is 26.9. The Hall–Kier alpha value is -1.80. The molecule has 0 saturated carbocycles. The second-order valence-corrected chi connectivity index (χ2v) is 10.0. The Morgan fingerprint density at radius 3 is 1.80 bits per heavy atom. The van der Waals surface area contributed by atoms with E-state index in [1.54, 1.807) is 0 Å². The van der Waals surface area contributed by atoms with Gasteiger partial charge in [-0.15, -0.1) is 0 Å². The van der Waals surface area contributed by atoms with Crippen molar-refractivity contribution in [2.75, 3.05) is 13.2 Å². The van der Waals surface area contributed by atoms with Crippen LogP contribution in [0.1, 0.15) is 122 Å². The van der Waals surface area contributed by atoms with E-state index in [0.29, 0.717) is 0 Å². The summed E-state index contributed by atoms with van der Waals surface area (Å²) in [4.78, 5) is 0. The van der Waals surface area contributed by atoms with Crippen LogP contribution in [0.15, 0.2) is 36.4 Å². The molecule has 0 spiro atoms. The van der Waals surface area contributed by atoms with Gasteiger partial charge in [-0.05, 0) is 85.8 Å². The number of rotatable bonds is 12. The van der Waals surface area contributed by atoms with E-state index in [2.05, 4.69) is 91.8 Å². The van der Waals surface area contributed by atoms with Crippen molar-refractivity contribution in [3.05, 3.63) is 64.2 Å². The molecule has 2 heteroatoms. The smallest absolute Gasteiger partial charge is 0.122 e. The van der Waals surface area contributed by atoms with Gasteiger partial charge in [0.25, 0.3) is 0 Å². The maximum absolute atomic E-state index is 9.15. The molecule has 0 heterocycles. The van der Waals surface area contributed by atoms with Crippen molar-refractivity contribution in [2.24, 2.45) is 5.92 Å². The van der Waals surface area contributed by atoms with E-state index >= 15 is 0 Å². The topological polar surface area (TPSA) is 29.5 Å². The van der Waals surface area contributed by atoms with Gasteiger partial charge in [0.15, 0.2) is 0 Å². The number of benzene rings is 2. The van der Waals surface area contributed by atoms with Gasteiger partial charge in [-0.2, -0.15) is 0 Å². The largest absolute Gasteiger partial charge is 0.493 e. The van der Waals surface area contributed by atoms with Crippen LogP contribution in [0.25, 0.3) is 0 Å². The predicted molar refractivity (Wildman–Crippen MR) is 156 cm³/mol. The minimum Gasteiger partial charge on any atom is -0.493 e. The Morgan fingerprint density at radius 1 is 0.800 bits per heavy atom. The van der Waals surface area contributed by atoms with E-state index in [-0.39, 0.29) is 12.0 Å². The summed E-state index contributed by atoms with van der Waals surface area (Å²) in [7, 11) is 0. The molecule has 0 bridgehead atoms. The second-order valence-electron chi connectivity index (χ2n) is 10.0. The second kappa shape index (κ2) is 18.5. The van der Waals surface area contributed by atoms with Crippen molar-refractivity contribution in [1.29, 1.82) is 0 Å². The Balaban J connectivity index is 0.00000174. The van der Waals surface area contributed by atoms with Gasteiger partial charge in [-0.3, -0.25) is 0 Å². The molecule has 0 atom stereocenters. The average Bonchev–Trinajstić information content (AvgIpc) is 2.84. The highest BCUT2D eigenvalue weighted by Crippen LogP contribution is 2.41. The number of aliphatic hydroxyl groups excluding tert-OH is 1. The molecular formula is C33H56O2. The lowest BCUT2D eigenvalue weighted by atomic mass is 9.69. The molecule has 0 aliphatic carbocycles. The van der Waals surface area contributed by atoms with Crippen LogP contribution >= 0.6 is 0 Å². The fourth-order valence-electron chi connectivity index (χ4n) is 4.42. The SMILES string of the molecule is CC.CC(C)C.CCCCCOc1ccc(C(CC)(CC)c2ccc(CCCO)c(C)c2)cc1C. The lowest BCUT2D eigenvalue weighted by Crippen LogP contribution is -2.26. The summed E-state index contributed by atoms with van der Waals surface area (Å²) in [6.45, 7) is 22.7.